The lowest BCUT2D eigenvalue weighted by Gasteiger charge is -2.16. The quantitative estimate of drug-likeness (QED) is 0.233. The van der Waals surface area contributed by atoms with E-state index in [1.807, 2.05) is 0 Å². The summed E-state index contributed by atoms with van der Waals surface area (Å²) >= 11 is 0. The zero-order chi connectivity index (χ0) is 22.3. The van der Waals surface area contributed by atoms with Crippen LogP contribution >= 0.6 is 23.9 Å². The molecule has 0 radical (unpaired) electrons. The summed E-state index contributed by atoms with van der Waals surface area (Å²) in [6.07, 6.45) is -3.12. The second kappa shape index (κ2) is 8.67. The van der Waals surface area contributed by atoms with E-state index in [2.05, 4.69) is 28.1 Å². The molecule has 0 saturated carbocycles. The van der Waals surface area contributed by atoms with Crippen LogP contribution in [0.1, 0.15) is 6.23 Å². The number of aliphatic hydroxyl groups is 2. The van der Waals surface area contributed by atoms with E-state index in [1.165, 1.54) is 10.9 Å². The number of anilines is 1. The Labute approximate surface area is 167 Å². The Kier molecular flexibility index (Phi) is 6.74. The number of nitrogens with zero attached hydrogens (tertiary/aromatic N) is 4. The topological polar surface area (TPSA) is 259 Å². The van der Waals surface area contributed by atoms with E-state index in [0.29, 0.717) is 0 Å². The Bertz CT molecular complexity index is 1040. The molecule has 3 rings (SSSR count). The molecule has 2 aromatic rings. The predicted molar refractivity (Wildman–Crippen MR) is 94.7 cm³/mol. The number of hydrogen-bond donors (Lipinski definition) is 6. The van der Waals surface area contributed by atoms with Crippen molar-refractivity contribution in [1.82, 2.24) is 19.5 Å². The highest BCUT2D eigenvalue weighted by molar-refractivity contribution is 7.64. The number of phosphoric acid groups is 2. The molecule has 0 amide bonds. The Morgan fingerprint density at radius 3 is 2.57 bits per heavy atom. The van der Waals surface area contributed by atoms with Gasteiger partial charge in [0.1, 0.15) is 30.2 Å². The molecule has 168 valence electrons. The molecule has 1 saturated heterocycles. The number of hydrogen-bond acceptors (Lipinski definition) is 13. The van der Waals surface area contributed by atoms with Crippen LogP contribution in [0.15, 0.2) is 12.7 Å². The zero-order valence-electron chi connectivity index (χ0n) is 14.5. The van der Waals surface area contributed by atoms with Crippen LogP contribution in [-0.4, -0.2) is 69.3 Å². The van der Waals surface area contributed by atoms with Gasteiger partial charge in [0.15, 0.2) is 17.7 Å². The fourth-order valence-corrected chi connectivity index (χ4v) is 5.35. The van der Waals surface area contributed by atoms with Crippen molar-refractivity contribution in [2.45, 2.75) is 24.5 Å². The number of ether oxygens (including phenoxy) is 1. The van der Waals surface area contributed by atoms with Crippen molar-refractivity contribution in [3.63, 3.8) is 0 Å². The third kappa shape index (κ3) is 5.29. The molecule has 3 heterocycles. The van der Waals surface area contributed by atoms with Gasteiger partial charge in [0.05, 0.1) is 12.9 Å². The van der Waals surface area contributed by atoms with Crippen LogP contribution in [0.4, 0.5) is 5.82 Å². The maximum Gasteiger partial charge on any atom is 0.488 e. The Morgan fingerprint density at radius 1 is 1.20 bits per heavy atom. The van der Waals surface area contributed by atoms with Crippen molar-refractivity contribution in [3.05, 3.63) is 12.7 Å². The minimum absolute atomic E-state index is 0.0772. The van der Waals surface area contributed by atoms with Crippen LogP contribution in [0.25, 0.3) is 11.2 Å². The number of rotatable bonds is 8. The molecule has 6 atom stereocenters. The highest BCUT2D eigenvalue weighted by Gasteiger charge is 2.45. The van der Waals surface area contributed by atoms with Gasteiger partial charge in [-0.1, -0.05) is 0 Å². The van der Waals surface area contributed by atoms with Crippen LogP contribution in [0.3, 0.4) is 0 Å². The van der Waals surface area contributed by atoms with Crippen molar-refractivity contribution in [1.29, 1.82) is 0 Å². The van der Waals surface area contributed by atoms with Gasteiger partial charge in [-0.2, -0.15) is 4.31 Å². The van der Waals surface area contributed by atoms with Crippen LogP contribution in [0.5, 0.6) is 0 Å². The van der Waals surface area contributed by atoms with Crippen LogP contribution in [0, 0.1) is 0 Å². The van der Waals surface area contributed by atoms with Gasteiger partial charge in [0, 0.05) is 0 Å². The molecular formula is C10H16N5O12P3. The third-order valence-corrected chi connectivity index (χ3v) is 7.36. The molecule has 0 aliphatic carbocycles. The molecular weight excluding hydrogens is 475 g/mol. The van der Waals surface area contributed by atoms with Gasteiger partial charge in [0.25, 0.3) is 0 Å². The van der Waals surface area contributed by atoms with Crippen molar-refractivity contribution >= 4 is 40.9 Å². The van der Waals surface area contributed by atoms with Gasteiger partial charge in [-0.05, 0) is 0 Å². The molecule has 2 aromatic heterocycles. The highest BCUT2D eigenvalue weighted by Crippen LogP contribution is 2.61. The van der Waals surface area contributed by atoms with Gasteiger partial charge in [0.2, 0.25) is 0 Å². The summed E-state index contributed by atoms with van der Waals surface area (Å²) in [5.41, 5.74) is 6.11. The van der Waals surface area contributed by atoms with E-state index in [4.69, 9.17) is 25.2 Å². The van der Waals surface area contributed by atoms with Crippen molar-refractivity contribution in [2.75, 3.05) is 12.3 Å². The molecule has 4 unspecified atom stereocenters. The van der Waals surface area contributed by atoms with Gasteiger partial charge in [-0.25, -0.2) is 28.4 Å². The van der Waals surface area contributed by atoms with Gasteiger partial charge < -0.3 is 39.9 Å². The van der Waals surface area contributed by atoms with Crippen LogP contribution in [-0.2, 0) is 31.6 Å². The van der Waals surface area contributed by atoms with E-state index in [-0.39, 0.29) is 17.0 Å². The summed E-state index contributed by atoms with van der Waals surface area (Å²) in [4.78, 5) is 37.8. The lowest BCUT2D eigenvalue weighted by molar-refractivity contribution is -0.0476. The second-order valence-corrected chi connectivity index (χ2v) is 9.91. The number of fused-ring (bicyclic) bond motifs is 1. The average molecular weight is 491 g/mol. The van der Waals surface area contributed by atoms with Crippen molar-refractivity contribution < 1.29 is 56.5 Å². The number of aromatic nitrogens is 4. The van der Waals surface area contributed by atoms with Gasteiger partial charge >= 0.3 is 23.9 Å². The Hall–Kier alpha value is -1.32. The van der Waals surface area contributed by atoms with E-state index in [0.717, 1.165) is 6.33 Å². The first kappa shape index (κ1) is 23.3. The maximum atomic E-state index is 11.6. The number of nitrogen functional groups attached to an aromatic ring is 1. The largest absolute Gasteiger partial charge is 0.488 e. The van der Waals surface area contributed by atoms with E-state index < -0.39 is 55.0 Å². The molecule has 17 nitrogen and oxygen atoms in total. The SMILES string of the molecule is Nc1ncnc2c1ncn2[C@@H]1O[C@H](CO[PH](=O)OP(=O)(O)OP(=O)(O)O)C(O)C1O. The minimum Gasteiger partial charge on any atom is -0.387 e. The average Bonchev–Trinajstić information content (AvgIpc) is 3.14. The standard InChI is InChI=1S/C10H16N5O12P3/c11-8-5-9(13-2-12-8)15(3-14-5)10-7(17)6(16)4(25-10)1-24-28(18)26-30(22,23)27-29(19,20)21/h2-4,6-7,10,16-17,28H,1H2,(H,22,23)(H2,11,12,13)(H2,19,20,21)/t4-,6?,7?,10-/m1/s1. The summed E-state index contributed by atoms with van der Waals surface area (Å²) in [6.45, 7) is -0.688. The highest BCUT2D eigenvalue weighted by atomic mass is 31.3. The lowest BCUT2D eigenvalue weighted by atomic mass is 10.1. The van der Waals surface area contributed by atoms with Crippen LogP contribution in [0.2, 0.25) is 0 Å². The molecule has 7 N–H and O–H groups in total. The molecule has 1 aliphatic rings. The first-order chi connectivity index (χ1) is 13.9. The molecule has 0 aromatic carbocycles. The Morgan fingerprint density at radius 2 is 1.90 bits per heavy atom. The smallest absolute Gasteiger partial charge is 0.387 e. The summed E-state index contributed by atoms with van der Waals surface area (Å²) in [5.74, 6) is 0.0772. The second-order valence-electron chi connectivity index (χ2n) is 5.82. The maximum absolute atomic E-state index is 11.6. The first-order valence-electron chi connectivity index (χ1n) is 7.78. The molecule has 20 heteroatoms. The summed E-state index contributed by atoms with van der Waals surface area (Å²) in [6, 6.07) is 0. The van der Waals surface area contributed by atoms with E-state index in [9.17, 15) is 23.9 Å². The molecule has 30 heavy (non-hydrogen) atoms. The Balaban J connectivity index is 1.64. The van der Waals surface area contributed by atoms with Crippen molar-refractivity contribution in [2.24, 2.45) is 0 Å². The molecule has 0 spiro atoms. The summed E-state index contributed by atoms with van der Waals surface area (Å²) in [7, 11) is -14.6. The van der Waals surface area contributed by atoms with Gasteiger partial charge in [-0.15, -0.1) is 0 Å². The number of aliphatic hydroxyl groups excluding tert-OH is 2. The fraction of sp³-hybridized carbons (Fsp3) is 0.500. The molecule has 0 bridgehead atoms. The lowest BCUT2D eigenvalue weighted by Crippen LogP contribution is -2.33. The first-order valence-corrected chi connectivity index (χ1v) is 12.0. The summed E-state index contributed by atoms with van der Waals surface area (Å²) in [5, 5.41) is 20.4. The third-order valence-electron chi connectivity index (χ3n) is 3.76. The normalized spacial score (nSPS) is 27.9. The molecule has 1 fully saturated rings. The van der Waals surface area contributed by atoms with Crippen molar-refractivity contribution in [3.8, 4) is 0 Å². The zero-order valence-corrected chi connectivity index (χ0v) is 17.3. The summed E-state index contributed by atoms with van der Waals surface area (Å²) < 4.78 is 52.4. The number of nitrogens with two attached hydrogens (primary N) is 1. The molecule has 1 aliphatic heterocycles. The van der Waals surface area contributed by atoms with E-state index >= 15 is 0 Å². The van der Waals surface area contributed by atoms with Gasteiger partial charge in [-0.3, -0.25) is 9.13 Å². The minimum atomic E-state index is -5.40. The van der Waals surface area contributed by atoms with Crippen LogP contribution < -0.4 is 5.73 Å². The number of imidazole rings is 1. The van der Waals surface area contributed by atoms with E-state index in [1.54, 1.807) is 0 Å². The monoisotopic (exact) mass is 491 g/mol. The fourth-order valence-electron chi connectivity index (χ4n) is 2.57. The predicted octanol–water partition coefficient (Wildman–Crippen LogP) is -1.34.